The van der Waals surface area contributed by atoms with Crippen LogP contribution in [0.2, 0.25) is 0 Å². The number of nitrogens with zero attached hydrogens (tertiary/aromatic N) is 1. The molecule has 6 heteroatoms. The maximum absolute atomic E-state index is 12.8. The summed E-state index contributed by atoms with van der Waals surface area (Å²) in [6.07, 6.45) is 5.82. The number of ether oxygens (including phenoxy) is 1. The number of benzene rings is 1. The van der Waals surface area contributed by atoms with Crippen LogP contribution in [0.4, 0.5) is 8.78 Å². The Labute approximate surface area is 150 Å². The van der Waals surface area contributed by atoms with E-state index in [1.807, 2.05) is 0 Å². The van der Waals surface area contributed by atoms with Crippen LogP contribution in [0.25, 0.3) is 12.2 Å². The predicted octanol–water partition coefficient (Wildman–Crippen LogP) is 4.55. The van der Waals surface area contributed by atoms with Crippen molar-refractivity contribution >= 4 is 18.1 Å². The number of aromatic nitrogens is 1. The van der Waals surface area contributed by atoms with Crippen molar-refractivity contribution < 1.29 is 23.4 Å². The molecule has 3 rings (SSSR count). The molecule has 0 atom stereocenters. The van der Waals surface area contributed by atoms with Gasteiger partial charge in [-0.15, -0.1) is 0 Å². The summed E-state index contributed by atoms with van der Waals surface area (Å²) in [6.45, 7) is 0.550. The Morgan fingerprint density at radius 1 is 1.23 bits per heavy atom. The largest absolute Gasteiger partial charge is 0.493 e. The van der Waals surface area contributed by atoms with Gasteiger partial charge in [-0.1, -0.05) is 24.3 Å². The quantitative estimate of drug-likeness (QED) is 0.751. The number of carboxylic acids is 1. The third-order valence-corrected chi connectivity index (χ3v) is 4.11. The Kier molecular flexibility index (Phi) is 5.61. The van der Waals surface area contributed by atoms with Crippen LogP contribution in [0, 0.1) is 5.92 Å². The van der Waals surface area contributed by atoms with Crippen molar-refractivity contribution in [2.75, 3.05) is 6.61 Å². The van der Waals surface area contributed by atoms with Gasteiger partial charge < -0.3 is 9.84 Å². The lowest BCUT2D eigenvalue weighted by Gasteiger charge is -2.12. The second-order valence-electron chi connectivity index (χ2n) is 6.36. The number of aromatic carboxylic acids is 1. The molecule has 1 heterocycles. The fraction of sp³-hybridized carbons (Fsp3) is 0.300. The van der Waals surface area contributed by atoms with E-state index in [2.05, 4.69) is 4.98 Å². The van der Waals surface area contributed by atoms with E-state index >= 15 is 0 Å². The first-order chi connectivity index (χ1) is 12.5. The number of hydrogen-bond acceptors (Lipinski definition) is 3. The highest BCUT2D eigenvalue weighted by atomic mass is 19.3. The first-order valence-electron chi connectivity index (χ1n) is 8.41. The molecule has 1 aliphatic rings. The molecule has 1 N–H and O–H groups in total. The molecule has 2 aromatic rings. The third-order valence-electron chi connectivity index (χ3n) is 4.11. The summed E-state index contributed by atoms with van der Waals surface area (Å²) < 4.78 is 31.3. The topological polar surface area (TPSA) is 59.4 Å². The number of halogens is 2. The molecule has 26 heavy (non-hydrogen) atoms. The van der Waals surface area contributed by atoms with Gasteiger partial charge in [0.05, 0.1) is 12.2 Å². The standard InChI is InChI=1S/C20H19F2NO3/c21-19(22)9-16-6-5-13(8-18(16)26-12-14-2-3-14)1-4-15-7-17(20(24)25)11-23-10-15/h1,4-8,10-11,14,19H,2-3,9,12H2,(H,24,25)/b4-1+. The average Bonchev–Trinajstić information content (AvgIpc) is 3.44. The van der Waals surface area contributed by atoms with Gasteiger partial charge in [0.15, 0.2) is 0 Å². The highest BCUT2D eigenvalue weighted by molar-refractivity contribution is 5.88. The summed E-state index contributed by atoms with van der Waals surface area (Å²) in [4.78, 5) is 14.9. The lowest BCUT2D eigenvalue weighted by molar-refractivity contribution is 0.0696. The molecule has 0 spiro atoms. The van der Waals surface area contributed by atoms with E-state index in [0.717, 1.165) is 18.4 Å². The number of rotatable bonds is 8. The summed E-state index contributed by atoms with van der Waals surface area (Å²) in [5, 5.41) is 9.00. The highest BCUT2D eigenvalue weighted by Crippen LogP contribution is 2.31. The van der Waals surface area contributed by atoms with E-state index in [9.17, 15) is 13.6 Å². The molecule has 0 saturated heterocycles. The van der Waals surface area contributed by atoms with Crippen LogP contribution in [0.1, 0.15) is 39.9 Å². The van der Waals surface area contributed by atoms with Crippen molar-refractivity contribution in [1.82, 2.24) is 4.98 Å². The van der Waals surface area contributed by atoms with Gasteiger partial charge in [0.2, 0.25) is 6.43 Å². The summed E-state index contributed by atoms with van der Waals surface area (Å²) in [5.74, 6) is -0.0324. The monoisotopic (exact) mass is 359 g/mol. The zero-order valence-electron chi connectivity index (χ0n) is 14.1. The number of pyridine rings is 1. The van der Waals surface area contributed by atoms with Gasteiger partial charge in [-0.05, 0) is 47.6 Å². The predicted molar refractivity (Wildman–Crippen MR) is 94.5 cm³/mol. The number of hydrogen-bond donors (Lipinski definition) is 1. The summed E-state index contributed by atoms with van der Waals surface area (Å²) >= 11 is 0. The summed E-state index contributed by atoms with van der Waals surface area (Å²) in [6, 6.07) is 6.65. The lowest BCUT2D eigenvalue weighted by Crippen LogP contribution is -2.05. The molecular formula is C20H19F2NO3. The van der Waals surface area contributed by atoms with E-state index < -0.39 is 12.4 Å². The molecule has 1 fully saturated rings. The molecule has 0 aliphatic heterocycles. The SMILES string of the molecule is O=C(O)c1cncc(/C=C/c2ccc(CC(F)F)c(OCC3CC3)c2)c1. The van der Waals surface area contributed by atoms with Gasteiger partial charge in [0, 0.05) is 18.8 Å². The van der Waals surface area contributed by atoms with Crippen LogP contribution in [0.15, 0.2) is 36.7 Å². The average molecular weight is 359 g/mol. The van der Waals surface area contributed by atoms with Crippen LogP contribution >= 0.6 is 0 Å². The number of alkyl halides is 2. The van der Waals surface area contributed by atoms with Crippen molar-refractivity contribution in [3.8, 4) is 5.75 Å². The van der Waals surface area contributed by atoms with E-state index in [1.165, 1.54) is 12.3 Å². The van der Waals surface area contributed by atoms with Crippen LogP contribution < -0.4 is 4.74 Å². The van der Waals surface area contributed by atoms with Crippen LogP contribution in [0.5, 0.6) is 5.75 Å². The van der Waals surface area contributed by atoms with Gasteiger partial charge in [-0.2, -0.15) is 0 Å². The van der Waals surface area contributed by atoms with Crippen molar-refractivity contribution in [2.45, 2.75) is 25.7 Å². The van der Waals surface area contributed by atoms with Crippen LogP contribution in [-0.4, -0.2) is 29.1 Å². The first-order valence-corrected chi connectivity index (χ1v) is 8.41. The molecule has 1 aromatic heterocycles. The minimum atomic E-state index is -2.43. The Morgan fingerprint density at radius 2 is 2.00 bits per heavy atom. The molecular weight excluding hydrogens is 340 g/mol. The van der Waals surface area contributed by atoms with E-state index in [0.29, 0.717) is 29.4 Å². The van der Waals surface area contributed by atoms with Gasteiger partial charge in [0.25, 0.3) is 0 Å². The van der Waals surface area contributed by atoms with Gasteiger partial charge in [-0.25, -0.2) is 13.6 Å². The molecule has 1 aliphatic carbocycles. The van der Waals surface area contributed by atoms with Crippen LogP contribution in [0.3, 0.4) is 0 Å². The second kappa shape index (κ2) is 8.08. The van der Waals surface area contributed by atoms with Crippen molar-refractivity contribution in [3.05, 3.63) is 58.9 Å². The molecule has 1 aromatic carbocycles. The molecule has 0 bridgehead atoms. The Morgan fingerprint density at radius 3 is 2.69 bits per heavy atom. The van der Waals surface area contributed by atoms with Crippen molar-refractivity contribution in [3.63, 3.8) is 0 Å². The zero-order chi connectivity index (χ0) is 18.5. The van der Waals surface area contributed by atoms with E-state index in [1.54, 1.807) is 36.5 Å². The maximum Gasteiger partial charge on any atom is 0.337 e. The van der Waals surface area contributed by atoms with Gasteiger partial charge >= 0.3 is 5.97 Å². The maximum atomic E-state index is 12.8. The molecule has 0 unspecified atom stereocenters. The summed E-state index contributed by atoms with van der Waals surface area (Å²) in [5.41, 5.74) is 2.02. The highest BCUT2D eigenvalue weighted by Gasteiger charge is 2.22. The Balaban J connectivity index is 1.78. The Bertz CT molecular complexity index is 816. The molecule has 1 saturated carbocycles. The molecule has 4 nitrogen and oxygen atoms in total. The molecule has 0 amide bonds. The third kappa shape index (κ3) is 5.12. The zero-order valence-corrected chi connectivity index (χ0v) is 14.1. The Hall–Kier alpha value is -2.76. The van der Waals surface area contributed by atoms with Crippen molar-refractivity contribution in [1.29, 1.82) is 0 Å². The van der Waals surface area contributed by atoms with Gasteiger partial charge in [0.1, 0.15) is 5.75 Å². The summed E-state index contributed by atoms with van der Waals surface area (Å²) in [7, 11) is 0. The van der Waals surface area contributed by atoms with E-state index in [4.69, 9.17) is 9.84 Å². The molecule has 0 radical (unpaired) electrons. The normalized spacial score (nSPS) is 14.1. The fourth-order valence-electron chi connectivity index (χ4n) is 2.49. The van der Waals surface area contributed by atoms with E-state index in [-0.39, 0.29) is 12.0 Å². The molecule has 136 valence electrons. The minimum Gasteiger partial charge on any atom is -0.493 e. The number of carbonyl (C=O) groups is 1. The van der Waals surface area contributed by atoms with Gasteiger partial charge in [-0.3, -0.25) is 4.98 Å². The first kappa shape index (κ1) is 18.0. The van der Waals surface area contributed by atoms with Crippen LogP contribution in [-0.2, 0) is 6.42 Å². The number of carboxylic acid groups (broad SMARTS) is 1. The minimum absolute atomic E-state index is 0.105. The second-order valence-corrected chi connectivity index (χ2v) is 6.36. The fourth-order valence-corrected chi connectivity index (χ4v) is 2.49. The van der Waals surface area contributed by atoms with Crippen molar-refractivity contribution in [2.24, 2.45) is 5.92 Å². The smallest absolute Gasteiger partial charge is 0.337 e. The lowest BCUT2D eigenvalue weighted by atomic mass is 10.1.